The molecule has 8 heteroatoms. The smallest absolute Gasteiger partial charge is 0.399 e. The Kier molecular flexibility index (Phi) is 18.6. The second kappa shape index (κ2) is 28.8. The Morgan fingerprint density at radius 2 is 0.604 bits per heavy atom. The third-order valence-corrected chi connectivity index (χ3v) is 23.5. The number of nitrogens with zero attached hydrogens (tertiary/aromatic N) is 4. The predicted molar refractivity (Wildman–Crippen MR) is 439 cm³/mol. The van der Waals surface area contributed by atoms with Gasteiger partial charge in [-0.2, -0.15) is 0 Å². The van der Waals surface area contributed by atoms with E-state index in [9.17, 15) is 0 Å². The second-order valence-corrected chi connectivity index (χ2v) is 30.5. The van der Waals surface area contributed by atoms with Crippen molar-refractivity contribution < 1.29 is 9.31 Å². The van der Waals surface area contributed by atoms with Gasteiger partial charge in [0.15, 0.2) is 11.6 Å². The first kappa shape index (κ1) is 68.2. The maximum atomic E-state index is 6.44. The Hall–Kier alpha value is -10.9. The number of rotatable bonds is 10. The number of benzene rings is 12. The summed E-state index contributed by atoms with van der Waals surface area (Å²) in [6, 6.07) is 111. The lowest BCUT2D eigenvalue weighted by Crippen LogP contribution is -2.41. The second-order valence-electron chi connectivity index (χ2n) is 30.1. The molecule has 0 N–H and O–H groups in total. The van der Waals surface area contributed by atoms with Crippen LogP contribution in [0.1, 0.15) is 114 Å². The van der Waals surface area contributed by atoms with Crippen LogP contribution in [-0.2, 0) is 20.1 Å². The van der Waals surface area contributed by atoms with Crippen LogP contribution in [0, 0.1) is 0 Å². The topological polar surface area (TPSA) is 70.0 Å². The van der Waals surface area contributed by atoms with Crippen LogP contribution in [0.5, 0.6) is 0 Å². The van der Waals surface area contributed by atoms with Crippen LogP contribution >= 0.6 is 11.6 Å². The summed E-state index contributed by atoms with van der Waals surface area (Å²) in [6.45, 7) is 8.53. The van der Waals surface area contributed by atoms with E-state index in [1.807, 2.05) is 84.9 Å². The Labute approximate surface area is 629 Å². The summed E-state index contributed by atoms with van der Waals surface area (Å²) in [5.41, 5.74) is 29.5. The van der Waals surface area contributed by atoms with Crippen LogP contribution in [0.15, 0.2) is 315 Å². The molecule has 0 atom stereocenters. The summed E-state index contributed by atoms with van der Waals surface area (Å²) < 4.78 is 12.9. The van der Waals surface area contributed by atoms with Gasteiger partial charge in [0.25, 0.3) is 0 Å². The molecule has 1 saturated heterocycles. The molecular weight excluding hydrogens is 1310 g/mol. The molecule has 0 amide bonds. The summed E-state index contributed by atoms with van der Waals surface area (Å²) in [7, 11) is -0.309. The number of fused-ring (bicyclic) bond motifs is 10. The molecule has 1 aliphatic heterocycles. The summed E-state index contributed by atoms with van der Waals surface area (Å²) in [5.74, 6) is 1.43. The van der Waals surface area contributed by atoms with Gasteiger partial charge in [-0.3, -0.25) is 0 Å². The van der Waals surface area contributed by atoms with Gasteiger partial charge in [-0.15, -0.1) is 0 Å². The highest BCUT2D eigenvalue weighted by molar-refractivity contribution is 6.64. The highest BCUT2D eigenvalue weighted by Crippen LogP contribution is 2.59. The van der Waals surface area contributed by atoms with Crippen molar-refractivity contribution in [2.75, 3.05) is 0 Å². The van der Waals surface area contributed by atoms with E-state index < -0.39 is 0 Å². The molecule has 518 valence electrons. The molecule has 0 bridgehead atoms. The minimum Gasteiger partial charge on any atom is -0.399 e. The summed E-state index contributed by atoms with van der Waals surface area (Å²) >= 11 is 6.24. The van der Waals surface area contributed by atoms with E-state index in [0.717, 1.165) is 62.0 Å². The van der Waals surface area contributed by atoms with Crippen molar-refractivity contribution in [1.29, 1.82) is 0 Å². The SMILES string of the molecule is CC1(C)OB(c2cccc3c2-c2ccccc2C32CCCCC2)OC1(C)C.Clc1cccc(-c2cc(-c3ccc(-c4ccccc4)cc3)nc(-c3ccccc3)n2)c1.c1ccc(-c2ccc(-c3cc(-c4cccc(-c5cccc6c5-c5ccccc5C65CCCCC5)c4)nc(-c4ccccc4)n3)cc2)cc1. The Morgan fingerprint density at radius 1 is 0.274 bits per heavy atom. The first-order valence-corrected chi connectivity index (χ1v) is 38.2. The Morgan fingerprint density at radius 3 is 1.08 bits per heavy atom. The third-order valence-electron chi connectivity index (χ3n) is 23.2. The molecule has 19 rings (SSSR count). The quantitative estimate of drug-likeness (QED) is 0.127. The molecule has 106 heavy (non-hydrogen) atoms. The number of hydrogen-bond acceptors (Lipinski definition) is 6. The first-order valence-electron chi connectivity index (χ1n) is 37.8. The fourth-order valence-electron chi connectivity index (χ4n) is 17.2. The van der Waals surface area contributed by atoms with Gasteiger partial charge in [-0.05, 0) is 167 Å². The van der Waals surface area contributed by atoms with Crippen molar-refractivity contribution >= 4 is 24.2 Å². The average Bonchev–Trinajstić information content (AvgIpc) is 1.56. The fourth-order valence-corrected chi connectivity index (χ4v) is 17.4. The molecule has 2 saturated carbocycles. The number of hydrogen-bond donors (Lipinski definition) is 0. The van der Waals surface area contributed by atoms with E-state index in [1.54, 1.807) is 0 Å². The number of halogens is 1. The Balaban J connectivity index is 0.000000124. The van der Waals surface area contributed by atoms with Gasteiger partial charge in [-0.25, -0.2) is 19.9 Å². The lowest BCUT2D eigenvalue weighted by molar-refractivity contribution is 0.00578. The molecular formula is C98H84BClN4O2. The molecule has 5 aliphatic rings. The van der Waals surface area contributed by atoms with Crippen LogP contribution in [0.25, 0.3) is 123 Å². The standard InChI is InChI=1S/C46H36N2.C28H19ClN2.C24H29BO2/c1-4-14-32(15-5-1)33-24-26-34(27-25-33)42-31-43(48-45(47-42)35-16-6-2-7-17-35)37-19-12-18-36(30-37)38-21-13-23-41-44(38)39-20-8-9-22-40(39)46(41)28-10-3-11-29-46;29-25-13-7-12-24(18-25)27-19-26(30-28(31-27)23-10-5-2-6-11-23)22-16-14-21(15-17-22)20-8-3-1-4-9-20;1-22(2)23(3,4)27-25(26-22)20-14-10-13-19-21(20)17-11-6-7-12-18(17)24(19)15-8-5-9-16-24/h1-2,4-9,12-27,30-31H,3,10-11,28-29H2;1-19H;6-7,10-14H,5,8-9,15-16H2,1-4H3. The van der Waals surface area contributed by atoms with Gasteiger partial charge < -0.3 is 9.31 Å². The van der Waals surface area contributed by atoms with Gasteiger partial charge in [0.2, 0.25) is 0 Å². The van der Waals surface area contributed by atoms with Gasteiger partial charge in [0.05, 0.1) is 34.0 Å². The molecule has 0 radical (unpaired) electrons. The van der Waals surface area contributed by atoms with Gasteiger partial charge in [-0.1, -0.05) is 335 Å². The van der Waals surface area contributed by atoms with Crippen molar-refractivity contribution in [2.45, 2.75) is 114 Å². The molecule has 4 aliphatic carbocycles. The summed E-state index contributed by atoms with van der Waals surface area (Å²) in [6.07, 6.45) is 12.9. The lowest BCUT2D eigenvalue weighted by atomic mass is 9.66. The normalized spacial score (nSPS) is 15.8. The fraction of sp³-hybridized carbons (Fsp3) is 0.184. The van der Waals surface area contributed by atoms with Crippen LogP contribution in [0.4, 0.5) is 0 Å². The molecule has 2 spiro atoms. The van der Waals surface area contributed by atoms with Crippen LogP contribution in [0.2, 0.25) is 5.02 Å². The van der Waals surface area contributed by atoms with E-state index in [-0.39, 0.29) is 29.2 Å². The third kappa shape index (κ3) is 13.0. The van der Waals surface area contributed by atoms with E-state index in [0.29, 0.717) is 10.8 Å². The largest absolute Gasteiger partial charge is 0.495 e. The van der Waals surface area contributed by atoms with Gasteiger partial charge >= 0.3 is 7.12 Å². The first-order chi connectivity index (χ1) is 51.9. The molecule has 12 aromatic carbocycles. The zero-order chi connectivity index (χ0) is 71.8. The summed E-state index contributed by atoms with van der Waals surface area (Å²) in [4.78, 5) is 20.0. The van der Waals surface area contributed by atoms with E-state index in [4.69, 9.17) is 40.8 Å². The summed E-state index contributed by atoms with van der Waals surface area (Å²) in [5, 5.41) is 0.686. The zero-order valence-corrected chi connectivity index (χ0v) is 61.4. The van der Waals surface area contributed by atoms with Gasteiger partial charge in [0, 0.05) is 49.2 Å². The molecule has 2 aromatic heterocycles. The van der Waals surface area contributed by atoms with Crippen molar-refractivity contribution in [2.24, 2.45) is 0 Å². The minimum atomic E-state index is -0.318. The Bertz CT molecular complexity index is 5490. The maximum absolute atomic E-state index is 6.44. The van der Waals surface area contributed by atoms with E-state index in [2.05, 4.69) is 258 Å². The van der Waals surface area contributed by atoms with Crippen LogP contribution < -0.4 is 5.46 Å². The van der Waals surface area contributed by atoms with E-state index in [1.165, 1.54) is 148 Å². The molecule has 14 aromatic rings. The lowest BCUT2D eigenvalue weighted by Gasteiger charge is -2.36. The zero-order valence-electron chi connectivity index (χ0n) is 60.7. The minimum absolute atomic E-state index is 0.139. The van der Waals surface area contributed by atoms with Crippen molar-refractivity contribution in [3.05, 3.63) is 343 Å². The highest BCUT2D eigenvalue weighted by Gasteiger charge is 2.54. The van der Waals surface area contributed by atoms with Crippen molar-refractivity contribution in [3.63, 3.8) is 0 Å². The molecule has 3 heterocycles. The molecule has 3 fully saturated rings. The van der Waals surface area contributed by atoms with Crippen LogP contribution in [-0.4, -0.2) is 38.3 Å². The average molecular weight is 1400 g/mol. The van der Waals surface area contributed by atoms with Gasteiger partial charge in [0.1, 0.15) is 0 Å². The maximum Gasteiger partial charge on any atom is 0.495 e. The van der Waals surface area contributed by atoms with E-state index >= 15 is 0 Å². The number of aromatic nitrogens is 4. The van der Waals surface area contributed by atoms with Crippen molar-refractivity contribution in [1.82, 2.24) is 19.9 Å². The molecule has 6 nitrogen and oxygen atoms in total. The molecule has 0 unspecified atom stereocenters. The van der Waals surface area contributed by atoms with Crippen molar-refractivity contribution in [3.8, 4) is 123 Å². The monoisotopic (exact) mass is 1390 g/mol. The van der Waals surface area contributed by atoms with Crippen LogP contribution in [0.3, 0.4) is 0 Å². The predicted octanol–water partition coefficient (Wildman–Crippen LogP) is 25.1. The highest BCUT2D eigenvalue weighted by atomic mass is 35.5.